The van der Waals surface area contributed by atoms with Crippen molar-refractivity contribution in [1.29, 1.82) is 0 Å². The quantitative estimate of drug-likeness (QED) is 0.274. The molecule has 5 aromatic rings. The summed E-state index contributed by atoms with van der Waals surface area (Å²) in [6.07, 6.45) is 0. The van der Waals surface area contributed by atoms with Crippen LogP contribution in [0.4, 0.5) is 0 Å². The first-order valence-corrected chi connectivity index (χ1v) is 12.1. The van der Waals surface area contributed by atoms with E-state index in [9.17, 15) is 9.59 Å². The molecule has 0 amide bonds. The predicted octanol–water partition coefficient (Wildman–Crippen LogP) is 4.09. The lowest BCUT2D eigenvalue weighted by molar-refractivity contribution is 0.102. The molecule has 2 aromatic heterocycles. The van der Waals surface area contributed by atoms with Crippen LogP contribution in [0.1, 0.15) is 15.9 Å². The van der Waals surface area contributed by atoms with E-state index in [1.807, 2.05) is 53.8 Å². The zero-order chi connectivity index (χ0) is 23.9. The summed E-state index contributed by atoms with van der Waals surface area (Å²) in [5.74, 6) is 1.70. The fourth-order valence-electron chi connectivity index (χ4n) is 4.23. The average molecular weight is 485 g/mol. The minimum atomic E-state index is -0.168. The lowest BCUT2D eigenvalue weighted by Crippen LogP contribution is -2.22. The number of para-hydroxylation sites is 2. The fourth-order valence-corrected chi connectivity index (χ4v) is 5.07. The van der Waals surface area contributed by atoms with Gasteiger partial charge in [-0.1, -0.05) is 42.1 Å². The lowest BCUT2D eigenvalue weighted by atomic mass is 10.1. The molecule has 6 rings (SSSR count). The number of nitrogens with zero attached hydrogens (tertiary/aromatic N) is 4. The summed E-state index contributed by atoms with van der Waals surface area (Å²) in [4.78, 5) is 26.5. The van der Waals surface area contributed by atoms with Crippen molar-refractivity contribution in [2.45, 2.75) is 12.1 Å². The van der Waals surface area contributed by atoms with Crippen LogP contribution in [0.25, 0.3) is 22.4 Å². The molecule has 0 saturated heterocycles. The Bertz CT molecular complexity index is 1670. The highest BCUT2D eigenvalue weighted by Crippen LogP contribution is 2.31. The van der Waals surface area contributed by atoms with Crippen molar-refractivity contribution >= 4 is 34.2 Å². The summed E-state index contributed by atoms with van der Waals surface area (Å²) < 4.78 is 14.6. The topological polar surface area (TPSA) is 87.7 Å². The first-order chi connectivity index (χ1) is 17.1. The van der Waals surface area contributed by atoms with Crippen LogP contribution in [-0.4, -0.2) is 43.9 Å². The van der Waals surface area contributed by atoms with Gasteiger partial charge in [-0.15, -0.1) is 10.2 Å². The molecule has 0 radical (unpaired) electrons. The lowest BCUT2D eigenvalue weighted by Gasteiger charge is -2.18. The number of carbonyl (C=O) groups is 1. The van der Waals surface area contributed by atoms with Gasteiger partial charge in [-0.2, -0.15) is 0 Å². The van der Waals surface area contributed by atoms with Gasteiger partial charge >= 0.3 is 0 Å². The molecule has 174 valence electrons. The van der Waals surface area contributed by atoms with Crippen LogP contribution in [-0.2, 0) is 0 Å². The maximum Gasteiger partial charge on any atom is 0.267 e. The van der Waals surface area contributed by atoms with E-state index in [1.165, 1.54) is 11.8 Å². The molecule has 8 nitrogen and oxygen atoms in total. The van der Waals surface area contributed by atoms with Crippen LogP contribution in [0.15, 0.2) is 76.7 Å². The Kier molecular flexibility index (Phi) is 5.26. The van der Waals surface area contributed by atoms with Crippen molar-refractivity contribution in [3.8, 4) is 17.2 Å². The third kappa shape index (κ3) is 3.64. The van der Waals surface area contributed by atoms with Gasteiger partial charge in [0.15, 0.2) is 22.4 Å². The van der Waals surface area contributed by atoms with Gasteiger partial charge in [-0.05, 0) is 48.9 Å². The molecule has 1 aliphatic rings. The number of Topliss-reactive ketones (excluding diaryl/α,β-unsaturated/α-hetero) is 1. The van der Waals surface area contributed by atoms with Crippen LogP contribution >= 0.6 is 11.8 Å². The molecule has 3 aromatic carbocycles. The molecule has 0 atom stereocenters. The number of benzene rings is 3. The molecule has 0 aliphatic carbocycles. The second-order valence-corrected chi connectivity index (χ2v) is 9.07. The van der Waals surface area contributed by atoms with Crippen LogP contribution < -0.4 is 15.0 Å². The van der Waals surface area contributed by atoms with Crippen molar-refractivity contribution in [3.63, 3.8) is 0 Å². The average Bonchev–Trinajstić information content (AvgIpc) is 3.32. The summed E-state index contributed by atoms with van der Waals surface area (Å²) in [6.45, 7) is 2.91. The third-order valence-electron chi connectivity index (χ3n) is 5.95. The Hall–Kier alpha value is -4.11. The second kappa shape index (κ2) is 8.59. The summed E-state index contributed by atoms with van der Waals surface area (Å²) >= 11 is 1.28. The number of hydrogen-bond acceptors (Lipinski definition) is 7. The molecule has 0 unspecified atom stereocenters. The molecule has 3 heterocycles. The predicted molar refractivity (Wildman–Crippen MR) is 133 cm³/mol. The Morgan fingerprint density at radius 3 is 2.60 bits per heavy atom. The van der Waals surface area contributed by atoms with Gasteiger partial charge in [0, 0.05) is 5.56 Å². The van der Waals surface area contributed by atoms with Crippen molar-refractivity contribution < 1.29 is 14.3 Å². The normalized spacial score (nSPS) is 12.8. The maximum atomic E-state index is 13.5. The van der Waals surface area contributed by atoms with Crippen LogP contribution in [0.3, 0.4) is 0 Å². The largest absolute Gasteiger partial charge is 0.486 e. The number of ketones is 1. The number of ether oxygens (including phenoxy) is 2. The SMILES string of the molecule is Cc1ccccc1-n1c(=O)c2ccccc2n2c(SCC(=O)c3ccc4c(c3)OCCO4)nnc12. The first kappa shape index (κ1) is 21.4. The molecule has 0 N–H and O–H groups in total. The molecule has 0 spiro atoms. The van der Waals surface area contributed by atoms with E-state index in [0.29, 0.717) is 52.1 Å². The smallest absolute Gasteiger partial charge is 0.267 e. The van der Waals surface area contributed by atoms with Crippen molar-refractivity contribution in [2.75, 3.05) is 19.0 Å². The number of fused-ring (bicyclic) bond motifs is 4. The Balaban J connectivity index is 1.41. The van der Waals surface area contributed by atoms with E-state index in [1.54, 1.807) is 28.8 Å². The van der Waals surface area contributed by atoms with Crippen LogP contribution in [0, 0.1) is 6.92 Å². The van der Waals surface area contributed by atoms with E-state index in [4.69, 9.17) is 9.47 Å². The number of carbonyl (C=O) groups excluding carboxylic acids is 1. The number of rotatable bonds is 5. The fraction of sp³-hybridized carbons (Fsp3) is 0.154. The standard InChI is InChI=1S/C26H20N4O4S/c1-16-6-2-4-8-19(16)29-24(32)18-7-3-5-9-20(18)30-25(29)27-28-26(30)35-15-21(31)17-10-11-22-23(14-17)34-13-12-33-22/h2-11,14H,12-13,15H2,1H3. The minimum absolute atomic E-state index is 0.0692. The molecule has 0 saturated carbocycles. The minimum Gasteiger partial charge on any atom is -0.486 e. The van der Waals surface area contributed by atoms with Crippen LogP contribution in [0.5, 0.6) is 11.5 Å². The Morgan fingerprint density at radius 2 is 1.74 bits per heavy atom. The zero-order valence-electron chi connectivity index (χ0n) is 18.8. The summed E-state index contributed by atoms with van der Waals surface area (Å²) in [7, 11) is 0. The van der Waals surface area contributed by atoms with E-state index in [-0.39, 0.29) is 17.1 Å². The second-order valence-electron chi connectivity index (χ2n) is 8.13. The molecule has 0 bridgehead atoms. The molecule has 1 aliphatic heterocycles. The third-order valence-corrected chi connectivity index (χ3v) is 6.88. The Labute approximate surface area is 204 Å². The summed E-state index contributed by atoms with van der Waals surface area (Å²) in [6, 6.07) is 20.2. The van der Waals surface area contributed by atoms with Gasteiger partial charge in [-0.3, -0.25) is 14.0 Å². The van der Waals surface area contributed by atoms with E-state index >= 15 is 0 Å². The summed E-state index contributed by atoms with van der Waals surface area (Å²) in [5, 5.41) is 9.80. The van der Waals surface area contributed by atoms with Crippen molar-refractivity contribution in [2.24, 2.45) is 0 Å². The number of hydrogen-bond donors (Lipinski definition) is 0. The van der Waals surface area contributed by atoms with Gasteiger partial charge in [0.25, 0.3) is 5.56 Å². The van der Waals surface area contributed by atoms with Gasteiger partial charge in [0.1, 0.15) is 13.2 Å². The summed E-state index contributed by atoms with van der Waals surface area (Å²) in [5.41, 5.74) is 2.75. The number of aromatic nitrogens is 4. The molecular weight excluding hydrogens is 464 g/mol. The maximum absolute atomic E-state index is 13.5. The van der Waals surface area contributed by atoms with E-state index in [2.05, 4.69) is 10.2 Å². The molecular formula is C26H20N4O4S. The molecule has 9 heteroatoms. The number of aryl methyl sites for hydroxylation is 1. The van der Waals surface area contributed by atoms with Crippen molar-refractivity contribution in [1.82, 2.24) is 19.2 Å². The molecule has 0 fully saturated rings. The van der Waals surface area contributed by atoms with Gasteiger partial charge in [0.05, 0.1) is 22.3 Å². The molecule has 35 heavy (non-hydrogen) atoms. The zero-order valence-corrected chi connectivity index (χ0v) is 19.6. The first-order valence-electron chi connectivity index (χ1n) is 11.1. The highest BCUT2D eigenvalue weighted by atomic mass is 32.2. The van der Waals surface area contributed by atoms with Gasteiger partial charge < -0.3 is 9.47 Å². The monoisotopic (exact) mass is 484 g/mol. The van der Waals surface area contributed by atoms with Gasteiger partial charge in [0.2, 0.25) is 5.78 Å². The van der Waals surface area contributed by atoms with Crippen molar-refractivity contribution in [3.05, 3.63) is 88.2 Å². The number of thioether (sulfide) groups is 1. The Morgan fingerprint density at radius 1 is 0.971 bits per heavy atom. The van der Waals surface area contributed by atoms with E-state index in [0.717, 1.165) is 11.3 Å². The highest BCUT2D eigenvalue weighted by Gasteiger charge is 2.20. The van der Waals surface area contributed by atoms with E-state index < -0.39 is 0 Å². The van der Waals surface area contributed by atoms with Crippen LogP contribution in [0.2, 0.25) is 0 Å². The van der Waals surface area contributed by atoms with Gasteiger partial charge in [-0.25, -0.2) is 4.57 Å². The highest BCUT2D eigenvalue weighted by molar-refractivity contribution is 7.99.